The minimum atomic E-state index is -0.796. The maximum absolute atomic E-state index is 13.7. The number of nitrogens with zero attached hydrogens (tertiary/aromatic N) is 3. The zero-order valence-electron chi connectivity index (χ0n) is 20.7. The molecule has 8 heteroatoms. The molecular weight excluding hydrogens is 462 g/mol. The SMILES string of the molecule is Cc1nc(C)c(C(=O)C2=C(O)C(=O)N(c3ccc(N(C)C)cc3)C2c2ccc(OC(C)C)cc2)s1. The van der Waals surface area contributed by atoms with E-state index in [1.54, 1.807) is 6.92 Å². The van der Waals surface area contributed by atoms with Crippen molar-refractivity contribution >= 4 is 34.4 Å². The predicted octanol–water partition coefficient (Wildman–Crippen LogP) is 5.40. The summed E-state index contributed by atoms with van der Waals surface area (Å²) in [5, 5.41) is 11.7. The number of amides is 1. The standard InChI is InChI=1S/C27H29N3O4S/c1-15(2)34-21-13-7-18(8-14-21)23-22(24(31)26-16(3)28-17(4)35-26)25(32)27(33)30(23)20-11-9-19(10-12-20)29(5)6/h7-15,23,32H,1-6H3. The highest BCUT2D eigenvalue weighted by Crippen LogP contribution is 2.43. The van der Waals surface area contributed by atoms with Gasteiger partial charge in [-0.05, 0) is 69.7 Å². The van der Waals surface area contributed by atoms with Crippen LogP contribution in [0.2, 0.25) is 0 Å². The van der Waals surface area contributed by atoms with Crippen molar-refractivity contribution in [1.82, 2.24) is 4.98 Å². The van der Waals surface area contributed by atoms with Crippen LogP contribution in [-0.2, 0) is 4.79 Å². The van der Waals surface area contributed by atoms with Crippen molar-refractivity contribution in [2.45, 2.75) is 39.8 Å². The number of ether oxygens (including phenoxy) is 1. The van der Waals surface area contributed by atoms with Gasteiger partial charge >= 0.3 is 0 Å². The predicted molar refractivity (Wildman–Crippen MR) is 139 cm³/mol. The van der Waals surface area contributed by atoms with Crippen molar-refractivity contribution in [2.24, 2.45) is 0 Å². The van der Waals surface area contributed by atoms with Crippen LogP contribution in [0.25, 0.3) is 0 Å². The summed E-state index contributed by atoms with van der Waals surface area (Å²) in [5.41, 5.74) is 2.88. The third-order valence-corrected chi connectivity index (χ3v) is 6.85. The van der Waals surface area contributed by atoms with Gasteiger partial charge in [0.25, 0.3) is 5.91 Å². The number of Topliss-reactive ketones (excluding diaryl/α,β-unsaturated/α-hetero) is 1. The molecule has 35 heavy (non-hydrogen) atoms. The molecule has 4 rings (SSSR count). The molecule has 0 saturated carbocycles. The third-order valence-electron chi connectivity index (χ3n) is 5.77. The van der Waals surface area contributed by atoms with Crippen molar-refractivity contribution < 1.29 is 19.4 Å². The highest BCUT2D eigenvalue weighted by Gasteiger charge is 2.45. The maximum Gasteiger partial charge on any atom is 0.294 e. The number of carbonyl (C=O) groups excluding carboxylic acids is 2. The topological polar surface area (TPSA) is 83.0 Å². The van der Waals surface area contributed by atoms with Gasteiger partial charge in [-0.2, -0.15) is 0 Å². The van der Waals surface area contributed by atoms with Gasteiger partial charge in [0.05, 0.1) is 33.3 Å². The molecule has 7 nitrogen and oxygen atoms in total. The summed E-state index contributed by atoms with van der Waals surface area (Å²) in [5.74, 6) is -0.856. The average molecular weight is 492 g/mol. The molecular formula is C27H29N3O4S. The number of aliphatic hydroxyl groups is 1. The monoisotopic (exact) mass is 491 g/mol. The van der Waals surface area contributed by atoms with Gasteiger partial charge in [0.1, 0.15) is 5.75 Å². The van der Waals surface area contributed by atoms with Crippen molar-refractivity contribution in [3.8, 4) is 5.75 Å². The van der Waals surface area contributed by atoms with Crippen molar-refractivity contribution in [2.75, 3.05) is 23.9 Å². The minimum absolute atomic E-state index is 0.0132. The van der Waals surface area contributed by atoms with Crippen molar-refractivity contribution in [3.63, 3.8) is 0 Å². The minimum Gasteiger partial charge on any atom is -0.503 e. The van der Waals surface area contributed by atoms with Gasteiger partial charge in [0, 0.05) is 25.5 Å². The molecule has 1 aliphatic rings. The lowest BCUT2D eigenvalue weighted by Gasteiger charge is -2.27. The highest BCUT2D eigenvalue weighted by molar-refractivity contribution is 7.14. The van der Waals surface area contributed by atoms with E-state index in [4.69, 9.17) is 4.74 Å². The largest absolute Gasteiger partial charge is 0.503 e. The molecule has 0 bridgehead atoms. The molecule has 182 valence electrons. The number of ketones is 1. The lowest BCUT2D eigenvalue weighted by Crippen LogP contribution is -2.31. The molecule has 0 radical (unpaired) electrons. The summed E-state index contributed by atoms with van der Waals surface area (Å²) < 4.78 is 5.76. The van der Waals surface area contributed by atoms with Gasteiger partial charge < -0.3 is 14.7 Å². The van der Waals surface area contributed by atoms with Crippen LogP contribution in [0.5, 0.6) is 5.75 Å². The molecule has 1 unspecified atom stereocenters. The third kappa shape index (κ3) is 4.66. The Balaban J connectivity index is 1.83. The number of rotatable bonds is 7. The van der Waals surface area contributed by atoms with Gasteiger partial charge in [-0.25, -0.2) is 4.98 Å². The fraction of sp³-hybridized carbons (Fsp3) is 0.296. The number of anilines is 2. The zero-order valence-corrected chi connectivity index (χ0v) is 21.5. The number of hydrogen-bond donors (Lipinski definition) is 1. The van der Waals surface area contributed by atoms with E-state index in [9.17, 15) is 14.7 Å². The Morgan fingerprint density at radius 3 is 2.23 bits per heavy atom. The van der Waals surface area contributed by atoms with E-state index >= 15 is 0 Å². The second-order valence-electron chi connectivity index (χ2n) is 8.96. The summed E-state index contributed by atoms with van der Waals surface area (Å²) in [6, 6.07) is 13.9. The Hall–Kier alpha value is -3.65. The number of aliphatic hydroxyl groups excluding tert-OH is 1. The second-order valence-corrected chi connectivity index (χ2v) is 10.2. The van der Waals surface area contributed by atoms with Gasteiger partial charge in [0.15, 0.2) is 5.76 Å². The Bertz CT molecular complexity index is 1290. The van der Waals surface area contributed by atoms with Crippen molar-refractivity contribution in [1.29, 1.82) is 0 Å². The van der Waals surface area contributed by atoms with Crippen LogP contribution in [0.1, 0.15) is 45.8 Å². The van der Waals surface area contributed by atoms with Crippen LogP contribution in [0.15, 0.2) is 59.9 Å². The Morgan fingerprint density at radius 1 is 1.09 bits per heavy atom. The maximum atomic E-state index is 13.7. The van der Waals surface area contributed by atoms with Crippen LogP contribution in [0.4, 0.5) is 11.4 Å². The molecule has 0 aliphatic carbocycles. The lowest BCUT2D eigenvalue weighted by atomic mass is 9.94. The molecule has 3 aromatic rings. The normalized spacial score (nSPS) is 15.8. The molecule has 0 fully saturated rings. The first kappa shape index (κ1) is 24.5. The van der Waals surface area contributed by atoms with E-state index in [-0.39, 0.29) is 17.5 Å². The van der Waals surface area contributed by atoms with Crippen LogP contribution < -0.4 is 14.5 Å². The first-order chi connectivity index (χ1) is 16.6. The first-order valence-electron chi connectivity index (χ1n) is 11.4. The van der Waals surface area contributed by atoms with Crippen LogP contribution in [0, 0.1) is 13.8 Å². The Morgan fingerprint density at radius 2 is 1.71 bits per heavy atom. The first-order valence-corrected chi connectivity index (χ1v) is 12.2. The summed E-state index contributed by atoms with van der Waals surface area (Å²) in [6.07, 6.45) is 0.0132. The lowest BCUT2D eigenvalue weighted by molar-refractivity contribution is -0.117. The average Bonchev–Trinajstić information content (AvgIpc) is 3.28. The molecule has 2 heterocycles. The number of carbonyl (C=O) groups is 2. The van der Waals surface area contributed by atoms with Crippen molar-refractivity contribution in [3.05, 3.63) is 81.0 Å². The van der Waals surface area contributed by atoms with E-state index in [1.165, 1.54) is 16.2 Å². The quantitative estimate of drug-likeness (QED) is 0.446. The fourth-order valence-electron chi connectivity index (χ4n) is 4.20. The fourth-order valence-corrected chi connectivity index (χ4v) is 5.07. The van der Waals surface area contributed by atoms with E-state index < -0.39 is 17.7 Å². The van der Waals surface area contributed by atoms with Gasteiger partial charge in [0.2, 0.25) is 5.78 Å². The van der Waals surface area contributed by atoms with Crippen LogP contribution in [-0.4, -0.2) is 42.0 Å². The van der Waals surface area contributed by atoms with Gasteiger partial charge in [-0.15, -0.1) is 11.3 Å². The summed E-state index contributed by atoms with van der Waals surface area (Å²) in [7, 11) is 3.87. The summed E-state index contributed by atoms with van der Waals surface area (Å²) in [6.45, 7) is 7.47. The molecule has 0 saturated heterocycles. The van der Waals surface area contributed by atoms with Gasteiger partial charge in [-0.3, -0.25) is 14.5 Å². The number of hydrogen-bond acceptors (Lipinski definition) is 7. The molecule has 0 spiro atoms. The smallest absolute Gasteiger partial charge is 0.294 e. The molecule has 1 aliphatic heterocycles. The molecule has 2 aromatic carbocycles. The highest BCUT2D eigenvalue weighted by atomic mass is 32.1. The summed E-state index contributed by atoms with van der Waals surface area (Å²) in [4.78, 5) is 35.3. The zero-order chi connectivity index (χ0) is 25.4. The van der Waals surface area contributed by atoms with E-state index in [0.717, 1.165) is 10.7 Å². The number of benzene rings is 2. The van der Waals surface area contributed by atoms with E-state index in [1.807, 2.05) is 88.3 Å². The molecule has 1 atom stereocenters. The van der Waals surface area contributed by atoms with Gasteiger partial charge in [-0.1, -0.05) is 12.1 Å². The second kappa shape index (κ2) is 9.54. The van der Waals surface area contributed by atoms with E-state index in [0.29, 0.717) is 27.6 Å². The molecule has 1 amide bonds. The number of aromatic nitrogens is 1. The Kier molecular flexibility index (Phi) is 6.67. The van der Waals surface area contributed by atoms with E-state index in [2.05, 4.69) is 4.98 Å². The van der Waals surface area contributed by atoms with Crippen LogP contribution >= 0.6 is 11.3 Å². The summed E-state index contributed by atoms with van der Waals surface area (Å²) >= 11 is 1.26. The Labute approximate surface area is 209 Å². The number of thiazole rings is 1. The molecule has 1 N–H and O–H groups in total. The number of aryl methyl sites for hydroxylation is 2. The van der Waals surface area contributed by atoms with Crippen LogP contribution in [0.3, 0.4) is 0 Å². The molecule has 1 aromatic heterocycles.